The summed E-state index contributed by atoms with van der Waals surface area (Å²) >= 11 is 6.10. The lowest BCUT2D eigenvalue weighted by atomic mass is 10.2. The lowest BCUT2D eigenvalue weighted by molar-refractivity contribution is -0.385. The summed E-state index contributed by atoms with van der Waals surface area (Å²) in [5, 5.41) is 11.4. The highest BCUT2D eigenvalue weighted by Crippen LogP contribution is 2.30. The van der Waals surface area contributed by atoms with Gasteiger partial charge >= 0.3 is 0 Å². The average molecular weight is 369 g/mol. The van der Waals surface area contributed by atoms with Crippen LogP contribution in [0.1, 0.15) is 18.1 Å². The Hall–Kier alpha value is -2.12. The van der Waals surface area contributed by atoms with Crippen molar-refractivity contribution >= 4 is 33.0 Å². The average Bonchev–Trinajstić information content (AvgIpc) is 2.51. The van der Waals surface area contributed by atoms with E-state index in [0.717, 1.165) is 11.6 Å². The van der Waals surface area contributed by atoms with Crippen LogP contribution >= 0.6 is 11.6 Å². The Balaban J connectivity index is 2.60. The molecule has 0 radical (unpaired) electrons. The van der Waals surface area contributed by atoms with E-state index in [0.29, 0.717) is 16.3 Å². The van der Waals surface area contributed by atoms with Gasteiger partial charge in [-0.05, 0) is 44.0 Å². The molecule has 0 aliphatic heterocycles. The Kier molecular flexibility index (Phi) is 5.15. The van der Waals surface area contributed by atoms with Crippen molar-refractivity contribution in [2.75, 3.05) is 10.8 Å². The van der Waals surface area contributed by atoms with Crippen LogP contribution in [-0.4, -0.2) is 19.9 Å². The summed E-state index contributed by atoms with van der Waals surface area (Å²) in [6, 6.07) is 8.77. The smallest absolute Gasteiger partial charge is 0.267 e. The number of aryl methyl sites for hydroxylation is 2. The fourth-order valence-electron chi connectivity index (χ4n) is 2.33. The molecular weight excluding hydrogens is 352 g/mol. The van der Waals surface area contributed by atoms with Gasteiger partial charge in [-0.25, -0.2) is 8.42 Å². The molecule has 0 N–H and O–H groups in total. The summed E-state index contributed by atoms with van der Waals surface area (Å²) in [4.78, 5) is 10.3. The molecule has 0 aliphatic carbocycles. The monoisotopic (exact) mass is 368 g/mol. The van der Waals surface area contributed by atoms with Crippen molar-refractivity contribution < 1.29 is 13.3 Å². The largest absolute Gasteiger partial charge is 0.270 e. The van der Waals surface area contributed by atoms with Gasteiger partial charge < -0.3 is 0 Å². The Morgan fingerprint density at radius 1 is 1.12 bits per heavy atom. The van der Waals surface area contributed by atoms with Gasteiger partial charge in [0.05, 0.1) is 15.5 Å². The molecule has 0 fully saturated rings. The molecule has 2 rings (SSSR count). The zero-order valence-electron chi connectivity index (χ0n) is 13.5. The number of hydrogen-bond donors (Lipinski definition) is 0. The first kappa shape index (κ1) is 18.2. The SMILES string of the molecule is CCN(c1ccc(C)c(Cl)c1)S(=O)(=O)c1cc([N+](=O)[O-])ccc1C. The molecule has 0 heterocycles. The molecule has 0 atom stereocenters. The molecule has 0 aliphatic rings. The first-order chi connectivity index (χ1) is 11.2. The van der Waals surface area contributed by atoms with Gasteiger partial charge in [0, 0.05) is 23.7 Å². The molecule has 0 saturated heterocycles. The van der Waals surface area contributed by atoms with E-state index in [2.05, 4.69) is 0 Å². The van der Waals surface area contributed by atoms with E-state index in [4.69, 9.17) is 11.6 Å². The van der Waals surface area contributed by atoms with Crippen molar-refractivity contribution in [1.82, 2.24) is 0 Å². The molecule has 0 amide bonds. The highest BCUT2D eigenvalue weighted by molar-refractivity contribution is 7.92. The minimum atomic E-state index is -3.95. The summed E-state index contributed by atoms with van der Waals surface area (Å²) in [5.74, 6) is 0. The second-order valence-corrected chi connectivity index (χ2v) is 7.55. The second kappa shape index (κ2) is 6.78. The van der Waals surface area contributed by atoms with Crippen LogP contribution in [0.2, 0.25) is 5.02 Å². The number of nitro groups is 1. The summed E-state index contributed by atoms with van der Waals surface area (Å²) in [6.07, 6.45) is 0. The third kappa shape index (κ3) is 3.37. The topological polar surface area (TPSA) is 80.5 Å². The molecule has 2 aromatic rings. The van der Waals surface area contributed by atoms with Gasteiger partial charge in [-0.3, -0.25) is 14.4 Å². The summed E-state index contributed by atoms with van der Waals surface area (Å²) in [5.41, 5.74) is 1.42. The zero-order chi connectivity index (χ0) is 18.1. The van der Waals surface area contributed by atoms with Crippen LogP contribution in [0.3, 0.4) is 0 Å². The van der Waals surface area contributed by atoms with Crippen LogP contribution in [0, 0.1) is 24.0 Å². The highest BCUT2D eigenvalue weighted by Gasteiger charge is 2.27. The summed E-state index contributed by atoms with van der Waals surface area (Å²) in [6.45, 7) is 5.29. The van der Waals surface area contributed by atoms with Crippen LogP contribution in [0.15, 0.2) is 41.3 Å². The Morgan fingerprint density at radius 2 is 1.75 bits per heavy atom. The molecule has 0 saturated carbocycles. The number of nitrogens with zero attached hydrogens (tertiary/aromatic N) is 2. The highest BCUT2D eigenvalue weighted by atomic mass is 35.5. The molecule has 0 bridgehead atoms. The maximum Gasteiger partial charge on any atom is 0.270 e. The van der Waals surface area contributed by atoms with Crippen LogP contribution in [-0.2, 0) is 10.0 Å². The Morgan fingerprint density at radius 3 is 2.29 bits per heavy atom. The first-order valence-corrected chi connectivity index (χ1v) is 9.04. The Bertz CT molecular complexity index is 897. The maximum absolute atomic E-state index is 13.0. The molecule has 8 heteroatoms. The predicted molar refractivity (Wildman–Crippen MR) is 94.2 cm³/mol. The quantitative estimate of drug-likeness (QED) is 0.588. The van der Waals surface area contributed by atoms with Gasteiger partial charge in [-0.15, -0.1) is 0 Å². The van der Waals surface area contributed by atoms with E-state index >= 15 is 0 Å². The van der Waals surface area contributed by atoms with E-state index in [-0.39, 0.29) is 17.1 Å². The van der Waals surface area contributed by atoms with Crippen molar-refractivity contribution in [2.45, 2.75) is 25.7 Å². The van der Waals surface area contributed by atoms with E-state index < -0.39 is 14.9 Å². The zero-order valence-corrected chi connectivity index (χ0v) is 15.1. The number of non-ortho nitro benzene ring substituents is 1. The fraction of sp³-hybridized carbons (Fsp3) is 0.250. The fourth-order valence-corrected chi connectivity index (χ4v) is 4.22. The third-order valence-corrected chi connectivity index (χ3v) is 6.13. The van der Waals surface area contributed by atoms with Gasteiger partial charge in [0.25, 0.3) is 15.7 Å². The van der Waals surface area contributed by atoms with E-state index in [9.17, 15) is 18.5 Å². The van der Waals surface area contributed by atoms with Gasteiger partial charge in [-0.1, -0.05) is 23.7 Å². The lowest BCUT2D eigenvalue weighted by Crippen LogP contribution is -2.31. The van der Waals surface area contributed by atoms with Crippen LogP contribution in [0.4, 0.5) is 11.4 Å². The van der Waals surface area contributed by atoms with Gasteiger partial charge in [0.15, 0.2) is 0 Å². The number of anilines is 1. The molecule has 2 aromatic carbocycles. The van der Waals surface area contributed by atoms with Crippen molar-refractivity contribution in [1.29, 1.82) is 0 Å². The van der Waals surface area contributed by atoms with Gasteiger partial charge in [-0.2, -0.15) is 0 Å². The number of benzene rings is 2. The van der Waals surface area contributed by atoms with E-state index in [1.54, 1.807) is 32.0 Å². The van der Waals surface area contributed by atoms with E-state index in [1.807, 2.05) is 6.92 Å². The van der Waals surface area contributed by atoms with Crippen LogP contribution in [0.5, 0.6) is 0 Å². The van der Waals surface area contributed by atoms with Crippen molar-refractivity contribution in [3.8, 4) is 0 Å². The maximum atomic E-state index is 13.0. The summed E-state index contributed by atoms with van der Waals surface area (Å²) in [7, 11) is -3.95. The second-order valence-electron chi connectivity index (χ2n) is 5.31. The normalized spacial score (nSPS) is 11.3. The number of hydrogen-bond acceptors (Lipinski definition) is 4. The molecule has 0 unspecified atom stereocenters. The van der Waals surface area contributed by atoms with E-state index in [1.165, 1.54) is 16.4 Å². The lowest BCUT2D eigenvalue weighted by Gasteiger charge is -2.24. The predicted octanol–water partition coefficient (Wildman–Crippen LogP) is 4.08. The molecular formula is C16H17ClN2O4S. The first-order valence-electron chi connectivity index (χ1n) is 7.22. The molecule has 24 heavy (non-hydrogen) atoms. The van der Waals surface area contributed by atoms with Crippen molar-refractivity contribution in [3.05, 3.63) is 62.7 Å². The van der Waals surface area contributed by atoms with Crippen LogP contribution in [0.25, 0.3) is 0 Å². The van der Waals surface area contributed by atoms with Crippen LogP contribution < -0.4 is 4.31 Å². The van der Waals surface area contributed by atoms with Gasteiger partial charge in [0.1, 0.15) is 0 Å². The number of halogens is 1. The summed E-state index contributed by atoms with van der Waals surface area (Å²) < 4.78 is 27.2. The molecule has 0 spiro atoms. The van der Waals surface area contributed by atoms with Crippen molar-refractivity contribution in [2.24, 2.45) is 0 Å². The van der Waals surface area contributed by atoms with Gasteiger partial charge in [0.2, 0.25) is 0 Å². The standard InChI is InChI=1S/C16H17ClN2O4S/c1-4-18(13-7-5-11(2)15(17)9-13)24(22,23)16-10-14(19(20)21)8-6-12(16)3/h5-10H,4H2,1-3H3. The van der Waals surface area contributed by atoms with Crippen molar-refractivity contribution in [3.63, 3.8) is 0 Å². The molecule has 6 nitrogen and oxygen atoms in total. The Labute approximate surface area is 145 Å². The number of rotatable bonds is 5. The number of nitro benzene ring substituents is 1. The minimum Gasteiger partial charge on any atom is -0.267 e. The molecule has 128 valence electrons. The number of sulfonamides is 1. The third-order valence-electron chi connectivity index (χ3n) is 3.68. The molecule has 0 aromatic heterocycles. The minimum absolute atomic E-state index is 0.0877.